The van der Waals surface area contributed by atoms with Crippen LogP contribution in [0.5, 0.6) is 0 Å². The molecule has 2 aromatic carbocycles. The fraction of sp³-hybridized carbons (Fsp3) is 0.294. The molecule has 1 saturated heterocycles. The van der Waals surface area contributed by atoms with E-state index in [-0.39, 0.29) is 24.4 Å². The Kier molecular flexibility index (Phi) is 4.34. The summed E-state index contributed by atoms with van der Waals surface area (Å²) in [5.41, 5.74) is 1.06. The topological polar surface area (TPSA) is 49.4 Å². The van der Waals surface area contributed by atoms with E-state index in [1.807, 2.05) is 25.1 Å². The number of hydrogen-bond acceptors (Lipinski definition) is 3. The van der Waals surface area contributed by atoms with Gasteiger partial charge in [-0.1, -0.05) is 36.4 Å². The quantitative estimate of drug-likeness (QED) is 0.943. The number of thioether (sulfide) groups is 1. The van der Waals surface area contributed by atoms with E-state index in [2.05, 4.69) is 29.6 Å². The predicted molar refractivity (Wildman–Crippen MR) is 89.5 cm³/mol. The van der Waals surface area contributed by atoms with Crippen molar-refractivity contribution in [2.24, 2.45) is 0 Å². The lowest BCUT2D eigenvalue weighted by Gasteiger charge is -2.18. The Bertz CT molecular complexity index is 717. The van der Waals surface area contributed by atoms with Gasteiger partial charge in [-0.15, -0.1) is 11.8 Å². The second kappa shape index (κ2) is 6.40. The van der Waals surface area contributed by atoms with Crippen molar-refractivity contribution in [2.75, 3.05) is 18.2 Å². The highest BCUT2D eigenvalue weighted by Crippen LogP contribution is 2.20. The summed E-state index contributed by atoms with van der Waals surface area (Å²) in [7, 11) is 0. The van der Waals surface area contributed by atoms with Crippen LogP contribution >= 0.6 is 11.8 Å². The van der Waals surface area contributed by atoms with Gasteiger partial charge in [0.2, 0.25) is 11.8 Å². The van der Waals surface area contributed by atoms with Gasteiger partial charge in [-0.2, -0.15) is 0 Å². The maximum Gasteiger partial charge on any atom is 0.240 e. The number of nitrogens with zero attached hydrogens (tertiary/aromatic N) is 1. The van der Waals surface area contributed by atoms with Gasteiger partial charge in [-0.3, -0.25) is 9.59 Å². The molecule has 0 aromatic heterocycles. The molecule has 1 atom stereocenters. The fourth-order valence-corrected chi connectivity index (χ4v) is 3.47. The van der Waals surface area contributed by atoms with Crippen molar-refractivity contribution >= 4 is 34.3 Å². The fourth-order valence-electron chi connectivity index (χ4n) is 2.56. The number of carbonyl (C=O) groups excluding carboxylic acids is 2. The number of fused-ring (bicyclic) bond motifs is 1. The SMILES string of the molecule is C[C@@H](NC(=O)CN1CSCC1=O)c1ccc2ccccc2c1. The van der Waals surface area contributed by atoms with Gasteiger partial charge in [0.15, 0.2) is 0 Å². The van der Waals surface area contributed by atoms with Crippen LogP contribution in [0.15, 0.2) is 42.5 Å². The van der Waals surface area contributed by atoms with E-state index < -0.39 is 0 Å². The van der Waals surface area contributed by atoms with Gasteiger partial charge in [0.25, 0.3) is 0 Å². The highest BCUT2D eigenvalue weighted by molar-refractivity contribution is 8.00. The van der Waals surface area contributed by atoms with Gasteiger partial charge < -0.3 is 10.2 Å². The third-order valence-corrected chi connectivity index (χ3v) is 4.76. The average Bonchev–Trinajstić information content (AvgIpc) is 2.91. The molecule has 1 N–H and O–H groups in total. The summed E-state index contributed by atoms with van der Waals surface area (Å²) in [6.07, 6.45) is 0. The van der Waals surface area contributed by atoms with Crippen LogP contribution in [0.1, 0.15) is 18.5 Å². The monoisotopic (exact) mass is 314 g/mol. The Morgan fingerprint density at radius 1 is 1.27 bits per heavy atom. The molecule has 0 saturated carbocycles. The van der Waals surface area contributed by atoms with Crippen LogP contribution in [0.2, 0.25) is 0 Å². The highest BCUT2D eigenvalue weighted by Gasteiger charge is 2.23. The number of hydrogen-bond donors (Lipinski definition) is 1. The zero-order valence-corrected chi connectivity index (χ0v) is 13.2. The molecule has 3 rings (SSSR count). The van der Waals surface area contributed by atoms with E-state index >= 15 is 0 Å². The summed E-state index contributed by atoms with van der Waals surface area (Å²) in [5.74, 6) is 1.01. The molecule has 0 spiro atoms. The lowest BCUT2D eigenvalue weighted by molar-refractivity contribution is -0.132. The molecule has 4 nitrogen and oxygen atoms in total. The van der Waals surface area contributed by atoms with Crippen molar-refractivity contribution in [3.05, 3.63) is 48.0 Å². The molecule has 22 heavy (non-hydrogen) atoms. The first-order valence-corrected chi connectivity index (χ1v) is 8.42. The van der Waals surface area contributed by atoms with Crippen LogP contribution in [0.25, 0.3) is 10.8 Å². The third-order valence-electron chi connectivity index (χ3n) is 3.81. The molecule has 0 bridgehead atoms. The number of benzene rings is 2. The minimum absolute atomic E-state index is 0.0403. The second-order valence-electron chi connectivity index (χ2n) is 5.47. The van der Waals surface area contributed by atoms with E-state index in [0.717, 1.165) is 10.9 Å². The van der Waals surface area contributed by atoms with E-state index in [4.69, 9.17) is 0 Å². The smallest absolute Gasteiger partial charge is 0.240 e. The predicted octanol–water partition coefficient (Wildman–Crippen LogP) is 2.55. The summed E-state index contributed by atoms with van der Waals surface area (Å²) >= 11 is 1.55. The lowest BCUT2D eigenvalue weighted by Crippen LogP contribution is -2.39. The summed E-state index contributed by atoms with van der Waals surface area (Å²) in [5, 5.41) is 5.31. The molecule has 0 aliphatic carbocycles. The van der Waals surface area contributed by atoms with Crippen molar-refractivity contribution in [3.63, 3.8) is 0 Å². The first-order valence-electron chi connectivity index (χ1n) is 7.27. The van der Waals surface area contributed by atoms with Crippen molar-refractivity contribution < 1.29 is 9.59 Å². The Morgan fingerprint density at radius 3 is 2.77 bits per heavy atom. The first kappa shape index (κ1) is 14.9. The third kappa shape index (κ3) is 3.25. The van der Waals surface area contributed by atoms with Gasteiger partial charge in [0.05, 0.1) is 17.7 Å². The van der Waals surface area contributed by atoms with Crippen molar-refractivity contribution in [1.29, 1.82) is 0 Å². The zero-order chi connectivity index (χ0) is 15.5. The van der Waals surface area contributed by atoms with E-state index in [0.29, 0.717) is 11.6 Å². The van der Waals surface area contributed by atoms with Crippen molar-refractivity contribution in [1.82, 2.24) is 10.2 Å². The number of amides is 2. The molecule has 2 amide bonds. The number of carbonyl (C=O) groups is 2. The van der Waals surface area contributed by atoms with Gasteiger partial charge in [-0.05, 0) is 29.3 Å². The Morgan fingerprint density at radius 2 is 2.05 bits per heavy atom. The average molecular weight is 314 g/mol. The normalized spacial score (nSPS) is 16.0. The van der Waals surface area contributed by atoms with E-state index in [1.54, 1.807) is 16.7 Å². The highest BCUT2D eigenvalue weighted by atomic mass is 32.2. The Hall–Kier alpha value is -2.01. The molecule has 0 unspecified atom stereocenters. The van der Waals surface area contributed by atoms with Crippen LogP contribution < -0.4 is 5.32 Å². The molecule has 5 heteroatoms. The van der Waals surface area contributed by atoms with Gasteiger partial charge in [0.1, 0.15) is 6.54 Å². The van der Waals surface area contributed by atoms with Crippen molar-refractivity contribution in [3.8, 4) is 0 Å². The molecule has 2 aromatic rings. The van der Waals surface area contributed by atoms with Crippen LogP contribution in [0.4, 0.5) is 0 Å². The number of nitrogens with one attached hydrogen (secondary N) is 1. The molecule has 0 radical (unpaired) electrons. The summed E-state index contributed by atoms with van der Waals surface area (Å²) in [6.45, 7) is 2.10. The maximum atomic E-state index is 12.1. The van der Waals surface area contributed by atoms with Gasteiger partial charge in [-0.25, -0.2) is 0 Å². The Labute approximate surface area is 133 Å². The lowest BCUT2D eigenvalue weighted by atomic mass is 10.0. The summed E-state index contributed by atoms with van der Waals surface area (Å²) < 4.78 is 0. The van der Waals surface area contributed by atoms with E-state index in [9.17, 15) is 9.59 Å². The first-order chi connectivity index (χ1) is 10.6. The molecule has 114 valence electrons. The molecule has 1 heterocycles. The molecule has 1 aliphatic rings. The van der Waals surface area contributed by atoms with E-state index in [1.165, 1.54) is 5.39 Å². The molecule has 1 aliphatic heterocycles. The molecular weight excluding hydrogens is 296 g/mol. The Balaban J connectivity index is 1.66. The van der Waals surface area contributed by atoms with Crippen LogP contribution in [-0.2, 0) is 9.59 Å². The van der Waals surface area contributed by atoms with Crippen molar-refractivity contribution in [2.45, 2.75) is 13.0 Å². The van der Waals surface area contributed by atoms with Crippen LogP contribution in [0.3, 0.4) is 0 Å². The standard InChI is InChI=1S/C17H18N2O2S/c1-12(18-16(20)9-19-11-22-10-17(19)21)14-7-6-13-4-2-3-5-15(13)8-14/h2-8,12H,9-11H2,1H3,(H,18,20)/t12-/m1/s1. The zero-order valence-electron chi connectivity index (χ0n) is 12.4. The number of rotatable bonds is 4. The maximum absolute atomic E-state index is 12.1. The van der Waals surface area contributed by atoms with Gasteiger partial charge >= 0.3 is 0 Å². The van der Waals surface area contributed by atoms with Crippen LogP contribution in [0, 0.1) is 0 Å². The minimum atomic E-state index is -0.114. The molecular formula is C17H18N2O2S. The summed E-state index contributed by atoms with van der Waals surface area (Å²) in [4.78, 5) is 25.2. The van der Waals surface area contributed by atoms with Gasteiger partial charge in [0, 0.05) is 0 Å². The molecule has 1 fully saturated rings. The van der Waals surface area contributed by atoms with Crippen LogP contribution in [-0.4, -0.2) is 34.9 Å². The largest absolute Gasteiger partial charge is 0.348 e. The second-order valence-corrected chi connectivity index (χ2v) is 6.42. The minimum Gasteiger partial charge on any atom is -0.348 e. The summed E-state index contributed by atoms with van der Waals surface area (Å²) in [6, 6.07) is 14.3.